The molecule has 3 aliphatic rings. The molecule has 2 fully saturated rings. The van der Waals surface area contributed by atoms with Gasteiger partial charge >= 0.3 is 0 Å². The van der Waals surface area contributed by atoms with Gasteiger partial charge in [0, 0.05) is 30.5 Å². The van der Waals surface area contributed by atoms with Crippen molar-refractivity contribution >= 4 is 5.91 Å². The highest BCUT2D eigenvalue weighted by Gasteiger charge is 2.25. The highest BCUT2D eigenvalue weighted by molar-refractivity contribution is 5.96. The molecule has 0 spiro atoms. The molecule has 1 aliphatic carbocycles. The van der Waals surface area contributed by atoms with E-state index >= 15 is 0 Å². The normalized spacial score (nSPS) is 19.6. The second kappa shape index (κ2) is 10.2. The summed E-state index contributed by atoms with van der Waals surface area (Å²) in [5, 5.41) is 3.38. The monoisotopic (exact) mass is 455 g/mol. The number of hydrogen-bond donors (Lipinski definition) is 1. The molecule has 4 nitrogen and oxygen atoms in total. The van der Waals surface area contributed by atoms with Crippen molar-refractivity contribution in [1.82, 2.24) is 15.1 Å². The van der Waals surface area contributed by atoms with Gasteiger partial charge in [-0.1, -0.05) is 42.8 Å². The van der Waals surface area contributed by atoms with Gasteiger partial charge in [0.15, 0.2) is 0 Å². The summed E-state index contributed by atoms with van der Waals surface area (Å²) in [6.45, 7) is 5.44. The summed E-state index contributed by atoms with van der Waals surface area (Å²) in [6.07, 6.45) is 10.7. The molecule has 1 saturated heterocycles. The van der Waals surface area contributed by atoms with Crippen LogP contribution in [0.4, 0.5) is 0 Å². The molecule has 1 atom stereocenters. The fourth-order valence-corrected chi connectivity index (χ4v) is 5.73. The van der Waals surface area contributed by atoms with Crippen molar-refractivity contribution in [3.8, 4) is 11.1 Å². The van der Waals surface area contributed by atoms with Crippen LogP contribution in [-0.4, -0.2) is 42.4 Å². The Kier molecular flexibility index (Phi) is 6.87. The first-order valence-electron chi connectivity index (χ1n) is 13.0. The summed E-state index contributed by atoms with van der Waals surface area (Å²) in [5.41, 5.74) is 8.23. The lowest BCUT2D eigenvalue weighted by Crippen LogP contribution is -2.34. The van der Waals surface area contributed by atoms with Gasteiger partial charge in [-0.25, -0.2) is 0 Å². The average molecular weight is 456 g/mol. The van der Waals surface area contributed by atoms with E-state index in [2.05, 4.69) is 53.7 Å². The Morgan fingerprint density at radius 3 is 2.50 bits per heavy atom. The maximum Gasteiger partial charge on any atom is 0.257 e. The molecule has 0 radical (unpaired) electrons. The number of allylic oxidation sites excluding steroid dienone is 2. The SMILES string of the molecule is CC(c1ccc(-c2cccc(C(=O)N(C)C3=C4CCCCC4=CNC3)c2)cc1)N1CCCCC1. The Balaban J connectivity index is 1.34. The first-order chi connectivity index (χ1) is 16.6. The Labute approximate surface area is 204 Å². The summed E-state index contributed by atoms with van der Waals surface area (Å²) in [6, 6.07) is 17.5. The largest absolute Gasteiger partial charge is 0.385 e. The van der Waals surface area contributed by atoms with E-state index in [1.165, 1.54) is 61.9 Å². The van der Waals surface area contributed by atoms with Crippen molar-refractivity contribution in [1.29, 1.82) is 0 Å². The molecular formula is C30H37N3O. The third-order valence-electron chi connectivity index (χ3n) is 7.89. The maximum atomic E-state index is 13.5. The number of carbonyl (C=O) groups is 1. The van der Waals surface area contributed by atoms with Gasteiger partial charge < -0.3 is 10.2 Å². The topological polar surface area (TPSA) is 35.6 Å². The third kappa shape index (κ3) is 4.69. The van der Waals surface area contributed by atoms with Crippen LogP contribution in [0.1, 0.15) is 73.8 Å². The summed E-state index contributed by atoms with van der Waals surface area (Å²) in [5.74, 6) is 0.0633. The van der Waals surface area contributed by atoms with Crippen LogP contribution < -0.4 is 5.32 Å². The Morgan fingerprint density at radius 1 is 0.941 bits per heavy atom. The zero-order valence-corrected chi connectivity index (χ0v) is 20.6. The first-order valence-corrected chi connectivity index (χ1v) is 13.0. The van der Waals surface area contributed by atoms with E-state index in [4.69, 9.17) is 0 Å². The van der Waals surface area contributed by atoms with Crippen LogP contribution >= 0.6 is 0 Å². The Hall–Kier alpha value is -2.85. The number of nitrogens with one attached hydrogen (secondary N) is 1. The van der Waals surface area contributed by atoms with Crippen molar-refractivity contribution < 1.29 is 4.79 Å². The highest BCUT2D eigenvalue weighted by Crippen LogP contribution is 2.34. The Morgan fingerprint density at radius 2 is 1.71 bits per heavy atom. The average Bonchev–Trinajstić information content (AvgIpc) is 2.92. The molecule has 2 aromatic carbocycles. The number of carbonyl (C=O) groups excluding carboxylic acids is 1. The standard InChI is InChI=1S/C30H37N3O/c1-22(33-17-6-3-7-18-33)23-13-15-24(16-14-23)25-10-8-11-26(19-25)30(34)32(2)29-21-31-20-27-9-4-5-12-28(27)29/h8,10-11,13-16,19-20,22,31H,3-7,9,12,17-18,21H2,1-2H3. The van der Waals surface area contributed by atoms with Crippen molar-refractivity contribution in [2.75, 3.05) is 26.7 Å². The van der Waals surface area contributed by atoms with Crippen LogP contribution in [0.3, 0.4) is 0 Å². The molecule has 1 saturated carbocycles. The fourth-order valence-electron chi connectivity index (χ4n) is 5.73. The molecule has 2 aromatic rings. The number of likely N-dealkylation sites (tertiary alicyclic amines) is 1. The van der Waals surface area contributed by atoms with Gasteiger partial charge in [0.2, 0.25) is 0 Å². The second-order valence-corrected chi connectivity index (χ2v) is 10.0. The van der Waals surface area contributed by atoms with Crippen LogP contribution in [0.5, 0.6) is 0 Å². The summed E-state index contributed by atoms with van der Waals surface area (Å²) < 4.78 is 0. The minimum atomic E-state index is 0.0633. The van der Waals surface area contributed by atoms with Crippen LogP contribution in [0.2, 0.25) is 0 Å². The van der Waals surface area contributed by atoms with E-state index in [0.29, 0.717) is 6.04 Å². The lowest BCUT2D eigenvalue weighted by atomic mass is 9.87. The van der Waals surface area contributed by atoms with Gasteiger partial charge in [0.1, 0.15) is 0 Å². The molecule has 178 valence electrons. The van der Waals surface area contributed by atoms with Gasteiger partial charge in [0.05, 0.1) is 6.54 Å². The molecule has 1 amide bonds. The number of fused-ring (bicyclic) bond motifs is 1. The first kappa shape index (κ1) is 22.9. The summed E-state index contributed by atoms with van der Waals surface area (Å²) >= 11 is 0. The number of nitrogens with zero attached hydrogens (tertiary/aromatic N) is 2. The molecule has 2 aliphatic heterocycles. The van der Waals surface area contributed by atoms with Crippen LogP contribution in [0.15, 0.2) is 71.6 Å². The van der Waals surface area contributed by atoms with Gasteiger partial charge in [0.25, 0.3) is 5.91 Å². The predicted molar refractivity (Wildman–Crippen MR) is 139 cm³/mol. The van der Waals surface area contributed by atoms with Gasteiger partial charge in [-0.05, 0) is 98.5 Å². The van der Waals surface area contributed by atoms with Gasteiger partial charge in [-0.15, -0.1) is 0 Å². The van der Waals surface area contributed by atoms with Crippen LogP contribution in [-0.2, 0) is 0 Å². The summed E-state index contributed by atoms with van der Waals surface area (Å²) in [7, 11) is 1.92. The molecule has 1 unspecified atom stereocenters. The van der Waals surface area contributed by atoms with Gasteiger partial charge in [-0.3, -0.25) is 9.69 Å². The van der Waals surface area contributed by atoms with Crippen molar-refractivity contribution in [2.24, 2.45) is 0 Å². The quantitative estimate of drug-likeness (QED) is 0.576. The lowest BCUT2D eigenvalue weighted by molar-refractivity contribution is 0.0831. The van der Waals surface area contributed by atoms with E-state index in [1.54, 1.807) is 0 Å². The number of amides is 1. The number of piperidine rings is 1. The minimum Gasteiger partial charge on any atom is -0.385 e. The summed E-state index contributed by atoms with van der Waals surface area (Å²) in [4.78, 5) is 17.9. The van der Waals surface area contributed by atoms with E-state index < -0.39 is 0 Å². The molecule has 1 N–H and O–H groups in total. The Bertz CT molecular complexity index is 1090. The van der Waals surface area contributed by atoms with E-state index in [1.807, 2.05) is 30.1 Å². The van der Waals surface area contributed by atoms with Crippen LogP contribution in [0.25, 0.3) is 11.1 Å². The molecule has 0 aromatic heterocycles. The lowest BCUT2D eigenvalue weighted by Gasteiger charge is -2.32. The second-order valence-electron chi connectivity index (χ2n) is 10.0. The smallest absolute Gasteiger partial charge is 0.257 e. The predicted octanol–water partition coefficient (Wildman–Crippen LogP) is 6.29. The molecule has 4 heteroatoms. The van der Waals surface area contributed by atoms with E-state index in [-0.39, 0.29) is 5.91 Å². The molecular weight excluding hydrogens is 418 g/mol. The van der Waals surface area contributed by atoms with Gasteiger partial charge in [-0.2, -0.15) is 0 Å². The molecule has 34 heavy (non-hydrogen) atoms. The number of rotatable bonds is 5. The fraction of sp³-hybridized carbons (Fsp3) is 0.433. The van der Waals surface area contributed by atoms with Crippen molar-refractivity contribution in [2.45, 2.75) is 57.9 Å². The number of likely N-dealkylation sites (N-methyl/N-ethyl adjacent to an activating group) is 1. The minimum absolute atomic E-state index is 0.0633. The zero-order chi connectivity index (χ0) is 23.5. The van der Waals surface area contributed by atoms with Crippen LogP contribution in [0, 0.1) is 0 Å². The third-order valence-corrected chi connectivity index (χ3v) is 7.89. The highest BCUT2D eigenvalue weighted by atomic mass is 16.2. The van der Waals surface area contributed by atoms with E-state index in [0.717, 1.165) is 41.8 Å². The van der Waals surface area contributed by atoms with Crippen molar-refractivity contribution in [3.63, 3.8) is 0 Å². The number of hydrogen-bond acceptors (Lipinski definition) is 3. The number of dihydropyridines is 1. The number of benzene rings is 2. The van der Waals surface area contributed by atoms with Crippen molar-refractivity contribution in [3.05, 3.63) is 82.7 Å². The zero-order valence-electron chi connectivity index (χ0n) is 20.6. The molecule has 0 bridgehead atoms. The molecule has 5 rings (SSSR count). The maximum absolute atomic E-state index is 13.5. The van der Waals surface area contributed by atoms with E-state index in [9.17, 15) is 4.79 Å². The molecule has 2 heterocycles.